The molecule has 0 unspecified atom stereocenters. The molecule has 0 aliphatic heterocycles. The monoisotopic (exact) mass is 256 g/mol. The molecule has 0 amide bonds. The first kappa shape index (κ1) is 12.0. The number of hydrogen-bond donors (Lipinski definition) is 0. The summed E-state index contributed by atoms with van der Waals surface area (Å²) in [5.74, 6) is 1.79. The molecule has 1 aliphatic rings. The topological polar surface area (TPSA) is 49.1 Å². The maximum atomic E-state index is 12.0. The lowest BCUT2D eigenvalue weighted by molar-refractivity contribution is -0.625. The van der Waals surface area contributed by atoms with E-state index in [2.05, 4.69) is 4.98 Å². The summed E-state index contributed by atoms with van der Waals surface area (Å²) < 4.78 is 6.80. The van der Waals surface area contributed by atoms with Crippen molar-refractivity contribution in [1.82, 2.24) is 4.98 Å². The third-order valence-electron chi connectivity index (χ3n) is 3.46. The van der Waals surface area contributed by atoms with Crippen molar-refractivity contribution >= 4 is 0 Å². The summed E-state index contributed by atoms with van der Waals surface area (Å²) >= 11 is 0. The second-order valence-corrected chi connectivity index (χ2v) is 4.81. The molecule has 1 aliphatic carbocycles. The summed E-state index contributed by atoms with van der Waals surface area (Å²) in [7, 11) is 0. The molecule has 1 heterocycles. The molecule has 2 aromatic rings. The third-order valence-corrected chi connectivity index (χ3v) is 3.46. The standard InChI is InChI=1S/C15H16N2O2/c1-11-16-15(19-12-7-3-2-4-8-12)13-9-5-6-10-14(13)17(11)18/h2-4,7-8H,5-6,9-10H2,1H3. The lowest BCUT2D eigenvalue weighted by Crippen LogP contribution is -2.39. The Morgan fingerprint density at radius 2 is 1.89 bits per heavy atom. The number of nitrogens with zero attached hydrogens (tertiary/aromatic N) is 2. The molecule has 1 aromatic heterocycles. The Morgan fingerprint density at radius 3 is 2.68 bits per heavy atom. The molecule has 3 rings (SSSR count). The van der Waals surface area contributed by atoms with Gasteiger partial charge in [0.15, 0.2) is 0 Å². The van der Waals surface area contributed by atoms with Crippen molar-refractivity contribution in [2.24, 2.45) is 0 Å². The maximum absolute atomic E-state index is 12.0. The molecule has 0 fully saturated rings. The van der Waals surface area contributed by atoms with E-state index in [4.69, 9.17) is 4.74 Å². The minimum atomic E-state index is 0.451. The third kappa shape index (κ3) is 2.26. The number of benzene rings is 1. The number of ether oxygens (including phenoxy) is 1. The van der Waals surface area contributed by atoms with Gasteiger partial charge in [-0.2, -0.15) is 0 Å². The average Bonchev–Trinajstić information content (AvgIpc) is 2.46. The number of fused-ring (bicyclic) bond motifs is 1. The van der Waals surface area contributed by atoms with Crippen molar-refractivity contribution in [3.8, 4) is 11.6 Å². The molecular formula is C15H16N2O2. The summed E-state index contributed by atoms with van der Waals surface area (Å²) in [6.45, 7) is 1.72. The summed E-state index contributed by atoms with van der Waals surface area (Å²) in [5.41, 5.74) is 1.79. The number of para-hydroxylation sites is 1. The van der Waals surface area contributed by atoms with Gasteiger partial charge in [0, 0.05) is 13.3 Å². The van der Waals surface area contributed by atoms with Crippen molar-refractivity contribution in [1.29, 1.82) is 0 Å². The fourth-order valence-electron chi connectivity index (χ4n) is 2.48. The molecule has 1 aromatic carbocycles. The molecule has 0 N–H and O–H groups in total. The zero-order chi connectivity index (χ0) is 13.2. The van der Waals surface area contributed by atoms with Gasteiger partial charge in [0.25, 0.3) is 0 Å². The van der Waals surface area contributed by atoms with Gasteiger partial charge in [0.05, 0.1) is 5.56 Å². The number of rotatable bonds is 2. The van der Waals surface area contributed by atoms with E-state index in [1.165, 1.54) is 0 Å². The quantitative estimate of drug-likeness (QED) is 0.613. The second kappa shape index (κ2) is 4.88. The van der Waals surface area contributed by atoms with E-state index >= 15 is 0 Å². The van der Waals surface area contributed by atoms with Gasteiger partial charge in [-0.1, -0.05) is 18.2 Å². The summed E-state index contributed by atoms with van der Waals surface area (Å²) in [6, 6.07) is 9.57. The molecule has 98 valence electrons. The van der Waals surface area contributed by atoms with Gasteiger partial charge in [0.1, 0.15) is 11.4 Å². The van der Waals surface area contributed by atoms with Gasteiger partial charge < -0.3 is 9.94 Å². The highest BCUT2D eigenvalue weighted by molar-refractivity contribution is 5.34. The Bertz CT molecular complexity index is 597. The largest absolute Gasteiger partial charge is 0.711 e. The SMILES string of the molecule is Cc1nc(Oc2ccccc2)c2c([n+]1[O-])CCCC2. The number of hydrogen-bond acceptors (Lipinski definition) is 3. The number of aryl methyl sites for hydroxylation is 1. The van der Waals surface area contributed by atoms with Crippen molar-refractivity contribution < 1.29 is 9.47 Å². The molecule has 0 radical (unpaired) electrons. The van der Waals surface area contributed by atoms with Gasteiger partial charge in [-0.3, -0.25) is 0 Å². The van der Waals surface area contributed by atoms with Crippen LogP contribution in [0.4, 0.5) is 0 Å². The zero-order valence-electron chi connectivity index (χ0n) is 10.9. The lowest BCUT2D eigenvalue weighted by Gasteiger charge is -2.19. The van der Waals surface area contributed by atoms with Crippen molar-refractivity contribution in [3.63, 3.8) is 0 Å². The van der Waals surface area contributed by atoms with Crippen molar-refractivity contribution in [2.75, 3.05) is 0 Å². The number of aromatic nitrogens is 2. The highest BCUT2D eigenvalue weighted by Gasteiger charge is 2.25. The molecule has 0 bridgehead atoms. The van der Waals surface area contributed by atoms with Gasteiger partial charge in [-0.05, 0) is 36.4 Å². The van der Waals surface area contributed by atoms with Crippen LogP contribution in [0.5, 0.6) is 11.6 Å². The Labute approximate surface area is 112 Å². The Hall–Kier alpha value is -2.10. The van der Waals surface area contributed by atoms with E-state index in [-0.39, 0.29) is 0 Å². The van der Waals surface area contributed by atoms with Crippen LogP contribution in [0.15, 0.2) is 30.3 Å². The van der Waals surface area contributed by atoms with E-state index < -0.39 is 0 Å². The molecule has 19 heavy (non-hydrogen) atoms. The predicted octanol–water partition coefficient (Wildman–Crippen LogP) is 2.69. The predicted molar refractivity (Wildman–Crippen MR) is 71.1 cm³/mol. The second-order valence-electron chi connectivity index (χ2n) is 4.81. The van der Waals surface area contributed by atoms with Crippen LogP contribution in [0.1, 0.15) is 29.9 Å². The van der Waals surface area contributed by atoms with Crippen LogP contribution < -0.4 is 9.47 Å². The van der Waals surface area contributed by atoms with E-state index in [1.54, 1.807) is 6.92 Å². The normalized spacial score (nSPS) is 13.9. The first-order valence-electron chi connectivity index (χ1n) is 6.60. The fraction of sp³-hybridized carbons (Fsp3) is 0.333. The Balaban J connectivity index is 2.04. The van der Waals surface area contributed by atoms with E-state index in [0.717, 1.165) is 47.4 Å². The summed E-state index contributed by atoms with van der Waals surface area (Å²) in [4.78, 5) is 4.31. The van der Waals surface area contributed by atoms with E-state index in [9.17, 15) is 5.21 Å². The van der Waals surface area contributed by atoms with Crippen LogP contribution in [0, 0.1) is 12.1 Å². The molecule has 0 spiro atoms. The van der Waals surface area contributed by atoms with Crippen LogP contribution in [0.2, 0.25) is 0 Å². The van der Waals surface area contributed by atoms with Crippen molar-refractivity contribution in [2.45, 2.75) is 32.6 Å². The zero-order valence-corrected chi connectivity index (χ0v) is 10.9. The molecular weight excluding hydrogens is 240 g/mol. The van der Waals surface area contributed by atoms with Crippen LogP contribution in [0.3, 0.4) is 0 Å². The summed E-state index contributed by atoms with van der Waals surface area (Å²) in [5, 5.41) is 12.0. The van der Waals surface area contributed by atoms with E-state index in [1.807, 2.05) is 30.3 Å². The first-order valence-corrected chi connectivity index (χ1v) is 6.60. The molecule has 0 saturated carbocycles. The average molecular weight is 256 g/mol. The maximum Gasteiger partial charge on any atom is 0.340 e. The Morgan fingerprint density at radius 1 is 1.16 bits per heavy atom. The van der Waals surface area contributed by atoms with Gasteiger partial charge in [0.2, 0.25) is 0 Å². The smallest absolute Gasteiger partial charge is 0.340 e. The highest BCUT2D eigenvalue weighted by atomic mass is 16.5. The summed E-state index contributed by atoms with van der Waals surface area (Å²) in [6.07, 6.45) is 3.83. The minimum absolute atomic E-state index is 0.451. The highest BCUT2D eigenvalue weighted by Crippen LogP contribution is 2.29. The van der Waals surface area contributed by atoms with Crippen molar-refractivity contribution in [3.05, 3.63) is 52.6 Å². The van der Waals surface area contributed by atoms with Gasteiger partial charge in [-0.15, -0.1) is 0 Å². The first-order chi connectivity index (χ1) is 9.25. The van der Waals surface area contributed by atoms with Crippen LogP contribution >= 0.6 is 0 Å². The molecule has 0 atom stereocenters. The lowest BCUT2D eigenvalue weighted by atomic mass is 9.97. The van der Waals surface area contributed by atoms with Crippen LogP contribution in [-0.4, -0.2) is 4.98 Å². The molecule has 4 heteroatoms. The van der Waals surface area contributed by atoms with Gasteiger partial charge >= 0.3 is 11.7 Å². The van der Waals surface area contributed by atoms with Crippen LogP contribution in [-0.2, 0) is 12.8 Å². The molecule has 4 nitrogen and oxygen atoms in total. The minimum Gasteiger partial charge on any atom is -0.711 e. The Kier molecular flexibility index (Phi) is 3.07. The fourth-order valence-corrected chi connectivity index (χ4v) is 2.48. The van der Waals surface area contributed by atoms with E-state index in [0.29, 0.717) is 11.7 Å². The van der Waals surface area contributed by atoms with Crippen LogP contribution in [0.25, 0.3) is 0 Å². The molecule has 0 saturated heterocycles. The van der Waals surface area contributed by atoms with Gasteiger partial charge in [-0.25, -0.2) is 4.73 Å².